The lowest BCUT2D eigenvalue weighted by Gasteiger charge is -2.05. The van der Waals surface area contributed by atoms with Crippen molar-refractivity contribution in [2.24, 2.45) is 0 Å². The third-order valence-corrected chi connectivity index (χ3v) is 4.97. The van der Waals surface area contributed by atoms with E-state index >= 15 is 0 Å². The molecule has 0 aliphatic heterocycles. The molecule has 3 rings (SSSR count). The zero-order valence-electron chi connectivity index (χ0n) is 15.8. The van der Waals surface area contributed by atoms with Gasteiger partial charge in [-0.05, 0) is 30.2 Å². The standard InChI is InChI=1S/C19H17N5O5S/c1-2-11-3-5-12(6-4-11)21-17(25)18-23-22-16(30-18)10-29-19(26)14-9-13(24(27)28)7-8-15(14)20/h3-9H,2,10,20H2,1H3,(H,21,25). The van der Waals surface area contributed by atoms with Gasteiger partial charge in [0, 0.05) is 23.5 Å². The van der Waals surface area contributed by atoms with Crippen molar-refractivity contribution in [3.63, 3.8) is 0 Å². The van der Waals surface area contributed by atoms with E-state index in [1.165, 1.54) is 12.1 Å². The Kier molecular flexibility index (Phi) is 6.32. The highest BCUT2D eigenvalue weighted by Gasteiger charge is 2.18. The molecule has 154 valence electrons. The van der Waals surface area contributed by atoms with E-state index in [0.717, 1.165) is 29.4 Å². The number of aromatic nitrogens is 2. The molecule has 30 heavy (non-hydrogen) atoms. The van der Waals surface area contributed by atoms with Crippen LogP contribution in [0.3, 0.4) is 0 Å². The molecule has 0 unspecified atom stereocenters. The van der Waals surface area contributed by atoms with Crippen LogP contribution in [0.25, 0.3) is 0 Å². The Hall–Kier alpha value is -3.86. The normalized spacial score (nSPS) is 10.4. The van der Waals surface area contributed by atoms with E-state index < -0.39 is 16.8 Å². The van der Waals surface area contributed by atoms with Crippen LogP contribution in [0.4, 0.5) is 17.1 Å². The number of anilines is 2. The number of amides is 1. The molecule has 3 N–H and O–H groups in total. The second-order valence-electron chi connectivity index (χ2n) is 6.11. The van der Waals surface area contributed by atoms with Crippen LogP contribution in [0.5, 0.6) is 0 Å². The molecular weight excluding hydrogens is 410 g/mol. The number of nitro benzene ring substituents is 1. The summed E-state index contributed by atoms with van der Waals surface area (Å²) in [4.78, 5) is 34.7. The van der Waals surface area contributed by atoms with Crippen molar-refractivity contribution in [2.75, 3.05) is 11.1 Å². The van der Waals surface area contributed by atoms with Crippen LogP contribution in [-0.4, -0.2) is 27.0 Å². The van der Waals surface area contributed by atoms with E-state index in [-0.39, 0.29) is 28.6 Å². The van der Waals surface area contributed by atoms with Crippen LogP contribution < -0.4 is 11.1 Å². The highest BCUT2D eigenvalue weighted by Crippen LogP contribution is 2.21. The zero-order valence-corrected chi connectivity index (χ0v) is 16.6. The summed E-state index contributed by atoms with van der Waals surface area (Å²) in [6.07, 6.45) is 0.898. The first-order valence-electron chi connectivity index (χ1n) is 8.81. The molecule has 0 aliphatic carbocycles. The molecule has 0 atom stereocenters. The Labute approximate surface area is 174 Å². The quantitative estimate of drug-likeness (QED) is 0.252. The maximum atomic E-state index is 12.3. The van der Waals surface area contributed by atoms with Gasteiger partial charge in [-0.15, -0.1) is 10.2 Å². The summed E-state index contributed by atoms with van der Waals surface area (Å²) in [5.74, 6) is -1.27. The van der Waals surface area contributed by atoms with E-state index in [1.54, 1.807) is 12.1 Å². The van der Waals surface area contributed by atoms with Gasteiger partial charge in [0.2, 0.25) is 5.01 Å². The SMILES string of the molecule is CCc1ccc(NC(=O)c2nnc(COC(=O)c3cc([N+](=O)[O-])ccc3N)s2)cc1. The number of carbonyl (C=O) groups is 2. The van der Waals surface area contributed by atoms with Crippen molar-refractivity contribution in [2.45, 2.75) is 20.0 Å². The van der Waals surface area contributed by atoms with E-state index in [1.807, 2.05) is 19.1 Å². The van der Waals surface area contributed by atoms with E-state index in [4.69, 9.17) is 10.5 Å². The number of nitrogens with one attached hydrogen (secondary N) is 1. The third kappa shape index (κ3) is 4.94. The first-order valence-corrected chi connectivity index (χ1v) is 9.62. The summed E-state index contributed by atoms with van der Waals surface area (Å²) in [6, 6.07) is 10.9. The number of nitrogens with two attached hydrogens (primary N) is 1. The second kappa shape index (κ2) is 9.09. The zero-order chi connectivity index (χ0) is 21.7. The van der Waals surface area contributed by atoms with Gasteiger partial charge in [-0.25, -0.2) is 4.79 Å². The van der Waals surface area contributed by atoms with Crippen LogP contribution in [0, 0.1) is 10.1 Å². The molecule has 1 heterocycles. The Bertz CT molecular complexity index is 1100. The summed E-state index contributed by atoms with van der Waals surface area (Å²) in [6.45, 7) is 1.79. The first-order chi connectivity index (χ1) is 14.4. The minimum atomic E-state index is -0.839. The number of rotatable bonds is 7. The number of nitrogen functional groups attached to an aromatic ring is 1. The Balaban J connectivity index is 1.61. The van der Waals surface area contributed by atoms with Crippen LogP contribution in [-0.2, 0) is 17.8 Å². The maximum absolute atomic E-state index is 12.3. The van der Waals surface area contributed by atoms with Crippen LogP contribution in [0.2, 0.25) is 0 Å². The molecule has 2 aromatic carbocycles. The number of esters is 1. The van der Waals surface area contributed by atoms with Crippen LogP contribution >= 0.6 is 11.3 Å². The monoisotopic (exact) mass is 427 g/mol. The van der Waals surface area contributed by atoms with Gasteiger partial charge in [-0.1, -0.05) is 30.4 Å². The number of nitro groups is 1. The molecule has 11 heteroatoms. The smallest absolute Gasteiger partial charge is 0.340 e. The lowest BCUT2D eigenvalue weighted by atomic mass is 10.1. The number of aryl methyl sites for hydroxylation is 1. The number of benzene rings is 2. The van der Waals surface area contributed by atoms with Gasteiger partial charge in [0.25, 0.3) is 11.6 Å². The number of carbonyl (C=O) groups excluding carboxylic acids is 2. The van der Waals surface area contributed by atoms with Gasteiger partial charge in [0.1, 0.15) is 6.61 Å². The number of nitrogens with zero attached hydrogens (tertiary/aromatic N) is 3. The average molecular weight is 427 g/mol. The lowest BCUT2D eigenvalue weighted by molar-refractivity contribution is -0.384. The molecule has 0 spiro atoms. The highest BCUT2D eigenvalue weighted by molar-refractivity contribution is 7.13. The fraction of sp³-hybridized carbons (Fsp3) is 0.158. The predicted octanol–water partition coefficient (Wildman–Crippen LogP) is 3.20. The molecule has 1 amide bonds. The van der Waals surface area contributed by atoms with Crippen molar-refractivity contribution < 1.29 is 19.2 Å². The molecule has 0 fully saturated rings. The van der Waals surface area contributed by atoms with Gasteiger partial charge in [-0.3, -0.25) is 14.9 Å². The van der Waals surface area contributed by atoms with E-state index in [9.17, 15) is 19.7 Å². The summed E-state index contributed by atoms with van der Waals surface area (Å²) < 4.78 is 5.10. The Morgan fingerprint density at radius 2 is 1.93 bits per heavy atom. The fourth-order valence-corrected chi connectivity index (χ4v) is 3.10. The number of ether oxygens (including phenoxy) is 1. The molecule has 0 saturated heterocycles. The molecule has 10 nitrogen and oxygen atoms in total. The van der Waals surface area contributed by atoms with Crippen LogP contribution in [0.1, 0.15) is 37.7 Å². The fourth-order valence-electron chi connectivity index (χ4n) is 2.45. The van der Waals surface area contributed by atoms with Crippen molar-refractivity contribution in [3.8, 4) is 0 Å². The maximum Gasteiger partial charge on any atom is 0.340 e. The highest BCUT2D eigenvalue weighted by atomic mass is 32.1. The van der Waals surface area contributed by atoms with E-state index in [2.05, 4.69) is 15.5 Å². The minimum Gasteiger partial charge on any atom is -0.455 e. The molecular formula is C19H17N5O5S. The summed E-state index contributed by atoms with van der Waals surface area (Å²) in [5, 5.41) is 21.6. The van der Waals surface area contributed by atoms with Gasteiger partial charge in [0.15, 0.2) is 5.01 Å². The molecule has 0 bridgehead atoms. The number of hydrogen-bond acceptors (Lipinski definition) is 9. The van der Waals surface area contributed by atoms with Crippen molar-refractivity contribution >= 4 is 40.3 Å². The number of non-ortho nitro benzene ring substituents is 1. The molecule has 3 aromatic rings. The van der Waals surface area contributed by atoms with Crippen molar-refractivity contribution in [1.29, 1.82) is 0 Å². The topological polar surface area (TPSA) is 150 Å². The molecule has 0 radical (unpaired) electrons. The predicted molar refractivity (Wildman–Crippen MR) is 110 cm³/mol. The molecule has 0 aliphatic rings. The van der Waals surface area contributed by atoms with Crippen LogP contribution in [0.15, 0.2) is 42.5 Å². The minimum absolute atomic E-state index is 0.0528. The second-order valence-corrected chi connectivity index (χ2v) is 7.17. The number of hydrogen-bond donors (Lipinski definition) is 2. The van der Waals surface area contributed by atoms with Gasteiger partial charge >= 0.3 is 5.97 Å². The van der Waals surface area contributed by atoms with Crippen molar-refractivity contribution in [1.82, 2.24) is 10.2 Å². The third-order valence-electron chi connectivity index (χ3n) is 4.08. The molecule has 1 aromatic heterocycles. The van der Waals surface area contributed by atoms with Gasteiger partial charge < -0.3 is 15.8 Å². The van der Waals surface area contributed by atoms with E-state index in [0.29, 0.717) is 10.7 Å². The lowest BCUT2D eigenvalue weighted by Crippen LogP contribution is -2.11. The largest absolute Gasteiger partial charge is 0.455 e. The Morgan fingerprint density at radius 3 is 2.60 bits per heavy atom. The summed E-state index contributed by atoms with van der Waals surface area (Å²) in [5.41, 5.74) is 7.12. The van der Waals surface area contributed by atoms with Gasteiger partial charge in [-0.2, -0.15) is 0 Å². The first kappa shape index (κ1) is 20.9. The Morgan fingerprint density at radius 1 is 1.20 bits per heavy atom. The average Bonchev–Trinajstić information content (AvgIpc) is 3.22. The summed E-state index contributed by atoms with van der Waals surface area (Å²) >= 11 is 0.966. The van der Waals surface area contributed by atoms with Crippen molar-refractivity contribution in [3.05, 3.63) is 73.7 Å². The van der Waals surface area contributed by atoms with Gasteiger partial charge in [0.05, 0.1) is 10.5 Å². The molecule has 0 saturated carbocycles. The summed E-state index contributed by atoms with van der Waals surface area (Å²) in [7, 11) is 0.